The molecule has 1 aliphatic carbocycles. The molecule has 2 N–H and O–H groups in total. The van der Waals surface area contributed by atoms with E-state index in [1.807, 2.05) is 31.2 Å². The van der Waals surface area contributed by atoms with Crippen LogP contribution in [0.25, 0.3) is 0 Å². The maximum Gasteiger partial charge on any atom is 0.227 e. The Hall–Kier alpha value is -1.55. The first-order valence-corrected chi connectivity index (χ1v) is 6.28. The number of ether oxygens (including phenoxy) is 1. The number of carbonyl (C=O) groups excluding carboxylic acids is 1. The summed E-state index contributed by atoms with van der Waals surface area (Å²) in [6, 6.07) is 7.94. The van der Waals surface area contributed by atoms with E-state index in [1.165, 1.54) is 0 Å². The number of hydrogen-bond acceptors (Lipinski definition) is 3. The van der Waals surface area contributed by atoms with Gasteiger partial charge in [0.05, 0.1) is 12.5 Å². The third kappa shape index (κ3) is 3.01. The zero-order chi connectivity index (χ0) is 13.1. The van der Waals surface area contributed by atoms with Crippen LogP contribution in [0.4, 0.5) is 0 Å². The molecule has 0 heterocycles. The van der Waals surface area contributed by atoms with Gasteiger partial charge < -0.3 is 15.4 Å². The van der Waals surface area contributed by atoms with Crippen molar-refractivity contribution in [3.8, 4) is 5.75 Å². The number of para-hydroxylation sites is 1. The summed E-state index contributed by atoms with van der Waals surface area (Å²) in [4.78, 5) is 13.5. The topological polar surface area (TPSA) is 55.6 Å². The van der Waals surface area contributed by atoms with Gasteiger partial charge in [-0.3, -0.25) is 4.79 Å². The number of amides is 1. The molecule has 1 amide bonds. The predicted molar refractivity (Wildman–Crippen MR) is 70.4 cm³/mol. The first-order chi connectivity index (χ1) is 8.59. The predicted octanol–water partition coefficient (Wildman–Crippen LogP) is 1.18. The summed E-state index contributed by atoms with van der Waals surface area (Å²) in [6.07, 6.45) is 0.821. The lowest BCUT2D eigenvalue weighted by molar-refractivity contribution is -0.131. The minimum atomic E-state index is 0.0356. The molecule has 98 valence electrons. The second-order valence-corrected chi connectivity index (χ2v) is 4.88. The maximum atomic E-state index is 11.8. The molecular weight excluding hydrogens is 228 g/mol. The highest BCUT2D eigenvalue weighted by molar-refractivity contribution is 5.82. The van der Waals surface area contributed by atoms with Gasteiger partial charge in [-0.1, -0.05) is 18.2 Å². The Kier molecular flexibility index (Phi) is 3.87. The second-order valence-electron chi connectivity index (χ2n) is 4.88. The average molecular weight is 248 g/mol. The van der Waals surface area contributed by atoms with Crippen molar-refractivity contribution in [2.75, 3.05) is 20.2 Å². The standard InChI is InChI=1S/C14H20N2O2/c1-10-5-3-4-6-13(10)18-8-7-16(2)14(17)11-9-12(11)15/h3-6,11-12H,7-9,15H2,1-2H3. The van der Waals surface area contributed by atoms with E-state index in [4.69, 9.17) is 10.5 Å². The largest absolute Gasteiger partial charge is 0.491 e. The lowest BCUT2D eigenvalue weighted by Crippen LogP contribution is -2.33. The van der Waals surface area contributed by atoms with Crippen molar-refractivity contribution in [2.45, 2.75) is 19.4 Å². The third-order valence-electron chi connectivity index (χ3n) is 3.31. The Morgan fingerprint density at radius 2 is 2.17 bits per heavy atom. The van der Waals surface area contributed by atoms with Crippen molar-refractivity contribution in [1.29, 1.82) is 0 Å². The summed E-state index contributed by atoms with van der Waals surface area (Å²) >= 11 is 0. The molecule has 1 saturated carbocycles. The molecule has 0 bridgehead atoms. The van der Waals surface area contributed by atoms with Crippen LogP contribution >= 0.6 is 0 Å². The monoisotopic (exact) mass is 248 g/mol. The van der Waals surface area contributed by atoms with Crippen molar-refractivity contribution < 1.29 is 9.53 Å². The Morgan fingerprint density at radius 1 is 1.50 bits per heavy atom. The molecule has 1 aliphatic rings. The van der Waals surface area contributed by atoms with E-state index in [1.54, 1.807) is 11.9 Å². The number of aryl methyl sites for hydroxylation is 1. The molecular formula is C14H20N2O2. The smallest absolute Gasteiger partial charge is 0.227 e. The molecule has 0 saturated heterocycles. The van der Waals surface area contributed by atoms with Gasteiger partial charge in [0.15, 0.2) is 0 Å². The van der Waals surface area contributed by atoms with Crippen LogP contribution in [-0.2, 0) is 4.79 Å². The molecule has 2 unspecified atom stereocenters. The van der Waals surface area contributed by atoms with Crippen molar-refractivity contribution in [1.82, 2.24) is 4.90 Å². The molecule has 18 heavy (non-hydrogen) atoms. The quantitative estimate of drug-likeness (QED) is 0.851. The molecule has 2 atom stereocenters. The van der Waals surface area contributed by atoms with Crippen LogP contribution in [0.5, 0.6) is 5.75 Å². The number of nitrogens with two attached hydrogens (primary N) is 1. The highest BCUT2D eigenvalue weighted by Gasteiger charge is 2.41. The summed E-state index contributed by atoms with van der Waals surface area (Å²) < 4.78 is 5.66. The van der Waals surface area contributed by atoms with E-state index in [-0.39, 0.29) is 17.9 Å². The van der Waals surface area contributed by atoms with Gasteiger partial charge in [0.25, 0.3) is 0 Å². The summed E-state index contributed by atoms with van der Waals surface area (Å²) in [5.41, 5.74) is 6.77. The van der Waals surface area contributed by atoms with Gasteiger partial charge in [0.2, 0.25) is 5.91 Å². The summed E-state index contributed by atoms with van der Waals surface area (Å²) in [5.74, 6) is 1.05. The fourth-order valence-electron chi connectivity index (χ4n) is 1.90. The average Bonchev–Trinajstić information content (AvgIpc) is 3.08. The molecule has 0 spiro atoms. The molecule has 4 nitrogen and oxygen atoms in total. The van der Waals surface area contributed by atoms with E-state index >= 15 is 0 Å². The van der Waals surface area contributed by atoms with Crippen molar-refractivity contribution in [2.24, 2.45) is 11.7 Å². The van der Waals surface area contributed by atoms with Crippen LogP contribution in [0, 0.1) is 12.8 Å². The van der Waals surface area contributed by atoms with Crippen LogP contribution in [0.1, 0.15) is 12.0 Å². The second kappa shape index (κ2) is 5.40. The van der Waals surface area contributed by atoms with E-state index in [0.29, 0.717) is 13.2 Å². The van der Waals surface area contributed by atoms with Gasteiger partial charge in [0.1, 0.15) is 12.4 Å². The normalized spacial score (nSPS) is 21.5. The minimum Gasteiger partial charge on any atom is -0.491 e. The zero-order valence-electron chi connectivity index (χ0n) is 10.9. The van der Waals surface area contributed by atoms with Crippen molar-refractivity contribution in [3.63, 3.8) is 0 Å². The van der Waals surface area contributed by atoms with Crippen LogP contribution in [0.3, 0.4) is 0 Å². The molecule has 4 heteroatoms. The van der Waals surface area contributed by atoms with Crippen LogP contribution < -0.4 is 10.5 Å². The zero-order valence-corrected chi connectivity index (χ0v) is 10.9. The molecule has 0 aromatic heterocycles. The Morgan fingerprint density at radius 3 is 2.78 bits per heavy atom. The van der Waals surface area contributed by atoms with Gasteiger partial charge in [0, 0.05) is 13.1 Å². The molecule has 1 fully saturated rings. The van der Waals surface area contributed by atoms with Gasteiger partial charge in [-0.25, -0.2) is 0 Å². The third-order valence-corrected chi connectivity index (χ3v) is 3.31. The highest BCUT2D eigenvalue weighted by Crippen LogP contribution is 2.29. The van der Waals surface area contributed by atoms with Gasteiger partial charge in [-0.2, -0.15) is 0 Å². The number of carbonyl (C=O) groups is 1. The lowest BCUT2D eigenvalue weighted by atomic mass is 10.2. The summed E-state index contributed by atoms with van der Waals surface area (Å²) in [5, 5.41) is 0. The Bertz CT molecular complexity index is 434. The fourth-order valence-corrected chi connectivity index (χ4v) is 1.90. The lowest BCUT2D eigenvalue weighted by Gasteiger charge is -2.17. The van der Waals surface area contributed by atoms with E-state index in [0.717, 1.165) is 17.7 Å². The Balaban J connectivity index is 1.75. The number of likely N-dealkylation sites (N-methyl/N-ethyl adjacent to an activating group) is 1. The molecule has 0 radical (unpaired) electrons. The first-order valence-electron chi connectivity index (χ1n) is 6.28. The van der Waals surface area contributed by atoms with E-state index < -0.39 is 0 Å². The number of rotatable bonds is 5. The molecule has 1 aromatic rings. The first kappa shape index (κ1) is 12.9. The maximum absolute atomic E-state index is 11.8. The van der Waals surface area contributed by atoms with E-state index in [2.05, 4.69) is 0 Å². The molecule has 0 aliphatic heterocycles. The fraction of sp³-hybridized carbons (Fsp3) is 0.500. The van der Waals surface area contributed by atoms with E-state index in [9.17, 15) is 4.79 Å². The summed E-state index contributed by atoms with van der Waals surface area (Å²) in [7, 11) is 1.80. The van der Waals surface area contributed by atoms with Crippen molar-refractivity contribution in [3.05, 3.63) is 29.8 Å². The SMILES string of the molecule is Cc1ccccc1OCCN(C)C(=O)C1CC1N. The van der Waals surface area contributed by atoms with Crippen molar-refractivity contribution >= 4 is 5.91 Å². The number of nitrogens with zero attached hydrogens (tertiary/aromatic N) is 1. The summed E-state index contributed by atoms with van der Waals surface area (Å²) in [6.45, 7) is 3.11. The van der Waals surface area contributed by atoms with Gasteiger partial charge in [-0.05, 0) is 25.0 Å². The van der Waals surface area contributed by atoms with Crippen LogP contribution in [-0.4, -0.2) is 37.0 Å². The van der Waals surface area contributed by atoms with Crippen LogP contribution in [0.15, 0.2) is 24.3 Å². The minimum absolute atomic E-state index is 0.0356. The molecule has 2 rings (SSSR count). The number of benzene rings is 1. The number of hydrogen-bond donors (Lipinski definition) is 1. The van der Waals surface area contributed by atoms with Gasteiger partial charge >= 0.3 is 0 Å². The molecule has 1 aromatic carbocycles. The van der Waals surface area contributed by atoms with Gasteiger partial charge in [-0.15, -0.1) is 0 Å². The van der Waals surface area contributed by atoms with Crippen LogP contribution in [0.2, 0.25) is 0 Å². The Labute approximate surface area is 108 Å². The highest BCUT2D eigenvalue weighted by atomic mass is 16.5.